The van der Waals surface area contributed by atoms with Crippen molar-refractivity contribution >= 4 is 39.2 Å². The van der Waals surface area contributed by atoms with Gasteiger partial charge in [-0.15, -0.1) is 11.3 Å². The molecule has 5 aromatic rings. The van der Waals surface area contributed by atoms with Gasteiger partial charge in [0, 0.05) is 12.1 Å². The number of aromatic nitrogens is 1. The second kappa shape index (κ2) is 15.6. The second-order valence-electron chi connectivity index (χ2n) is 9.54. The number of carboxylic acid groups (broad SMARTS) is 1. The Balaban J connectivity index is 0.000000617. The maximum Gasteiger partial charge on any atom is 0.490 e. The molecule has 0 spiro atoms. The van der Waals surface area contributed by atoms with E-state index in [-0.39, 0.29) is 11.7 Å². The zero-order valence-corrected chi connectivity index (χ0v) is 24.9. The summed E-state index contributed by atoms with van der Waals surface area (Å²) in [5.74, 6) is -2.02. The molecule has 0 fully saturated rings. The largest absolute Gasteiger partial charge is 0.490 e. The van der Waals surface area contributed by atoms with Crippen LogP contribution in [0.5, 0.6) is 11.5 Å². The molecule has 238 valence electrons. The topological polar surface area (TPSA) is 141 Å². The number of alkyl halides is 3. The van der Waals surface area contributed by atoms with Gasteiger partial charge in [0.1, 0.15) is 30.8 Å². The summed E-state index contributed by atoms with van der Waals surface area (Å²) >= 11 is 1.31. The van der Waals surface area contributed by atoms with Crippen LogP contribution in [0, 0.1) is 0 Å². The minimum atomic E-state index is -5.08. The van der Waals surface area contributed by atoms with Crippen LogP contribution in [0.1, 0.15) is 37.3 Å². The van der Waals surface area contributed by atoms with Gasteiger partial charge in [0.05, 0.1) is 10.2 Å². The summed E-state index contributed by atoms with van der Waals surface area (Å²) in [6.07, 6.45) is -5.08. The summed E-state index contributed by atoms with van der Waals surface area (Å²) in [7, 11) is 0. The number of nitrogens with zero attached hydrogens (tertiary/aromatic N) is 1. The summed E-state index contributed by atoms with van der Waals surface area (Å²) < 4.78 is 44.0. The Morgan fingerprint density at radius 1 is 0.826 bits per heavy atom. The number of benzene rings is 4. The van der Waals surface area contributed by atoms with Gasteiger partial charge in [-0.2, -0.15) is 13.2 Å². The van der Waals surface area contributed by atoms with Crippen molar-refractivity contribution in [3.05, 3.63) is 125 Å². The van der Waals surface area contributed by atoms with E-state index in [1.54, 1.807) is 24.3 Å². The molecule has 0 aliphatic heterocycles. The van der Waals surface area contributed by atoms with E-state index in [2.05, 4.69) is 10.3 Å². The first kappa shape index (κ1) is 33.6. The third-order valence-electron chi connectivity index (χ3n) is 6.31. The molecule has 1 amide bonds. The van der Waals surface area contributed by atoms with Gasteiger partial charge in [-0.05, 0) is 59.7 Å². The predicted molar refractivity (Wildman–Crippen MR) is 166 cm³/mol. The minimum Gasteiger partial charge on any atom is -0.490 e. The monoisotopic (exact) mass is 651 g/mol. The molecule has 0 aliphatic carbocycles. The molecule has 4 aromatic carbocycles. The summed E-state index contributed by atoms with van der Waals surface area (Å²) in [4.78, 5) is 40.2. The van der Waals surface area contributed by atoms with Gasteiger partial charge < -0.3 is 25.6 Å². The predicted octanol–water partition coefficient (Wildman–Crippen LogP) is 6.20. The Morgan fingerprint density at radius 2 is 1.39 bits per heavy atom. The number of rotatable bonds is 11. The molecular formula is C33H28F3N3O6S. The maximum absolute atomic E-state index is 13.6. The molecule has 0 saturated carbocycles. The average Bonchev–Trinajstić information content (AvgIpc) is 3.50. The standard InChI is InChI=1S/C31H27N3O4S.C2HF3O2/c32-20-21-10-12-22(13-11-21)28(29(35)31-33-26-8-4-5-9-27(26)39-31)34-30(36)23-14-16-25(17-15-23)38-19-18-37-24-6-2-1-3-7-24;3-2(4,5)1(6)7/h1-17,28H,18-20,32H2,(H,34,36);(H,6,7). The molecule has 0 aliphatic rings. The molecule has 13 heteroatoms. The zero-order chi connectivity index (χ0) is 33.1. The fourth-order valence-electron chi connectivity index (χ4n) is 4.00. The molecule has 5 rings (SSSR count). The Labute approximate surface area is 265 Å². The summed E-state index contributed by atoms with van der Waals surface area (Å²) in [5, 5.41) is 10.4. The van der Waals surface area contributed by atoms with Crippen molar-refractivity contribution in [2.45, 2.75) is 18.8 Å². The fourth-order valence-corrected chi connectivity index (χ4v) is 4.94. The number of aliphatic carboxylic acids is 1. The number of thiazole rings is 1. The Kier molecular flexibility index (Phi) is 11.4. The van der Waals surface area contributed by atoms with Crippen molar-refractivity contribution in [1.82, 2.24) is 10.3 Å². The van der Waals surface area contributed by atoms with E-state index < -0.39 is 18.2 Å². The van der Waals surface area contributed by atoms with Crippen LogP contribution in [0.15, 0.2) is 103 Å². The first-order chi connectivity index (χ1) is 22.0. The number of hydrogen-bond acceptors (Lipinski definition) is 8. The number of nitrogens with one attached hydrogen (secondary N) is 1. The lowest BCUT2D eigenvalue weighted by Gasteiger charge is -2.18. The van der Waals surface area contributed by atoms with Crippen LogP contribution in [0.4, 0.5) is 13.2 Å². The first-order valence-electron chi connectivity index (χ1n) is 13.8. The molecule has 9 nitrogen and oxygen atoms in total. The molecule has 0 radical (unpaired) electrons. The molecule has 0 bridgehead atoms. The van der Waals surface area contributed by atoms with Gasteiger partial charge in [-0.1, -0.05) is 54.6 Å². The Morgan fingerprint density at radius 3 is 1.96 bits per heavy atom. The van der Waals surface area contributed by atoms with E-state index in [1.165, 1.54) is 11.3 Å². The quantitative estimate of drug-likeness (QED) is 0.113. The van der Waals surface area contributed by atoms with Crippen LogP contribution in [-0.2, 0) is 11.3 Å². The highest BCUT2D eigenvalue weighted by atomic mass is 32.1. The maximum atomic E-state index is 13.6. The number of para-hydroxylation sites is 2. The normalized spacial score (nSPS) is 11.6. The van der Waals surface area contributed by atoms with Crippen LogP contribution < -0.4 is 20.5 Å². The summed E-state index contributed by atoms with van der Waals surface area (Å²) in [6.45, 7) is 1.14. The van der Waals surface area contributed by atoms with Crippen LogP contribution in [0.3, 0.4) is 0 Å². The summed E-state index contributed by atoms with van der Waals surface area (Å²) in [6, 6.07) is 30.3. The van der Waals surface area contributed by atoms with Crippen molar-refractivity contribution in [1.29, 1.82) is 0 Å². The fraction of sp³-hybridized carbons (Fsp3) is 0.152. The third kappa shape index (κ3) is 9.36. The average molecular weight is 652 g/mol. The van der Waals surface area contributed by atoms with Gasteiger partial charge in [-0.3, -0.25) is 9.59 Å². The number of ketones is 1. The first-order valence-corrected chi connectivity index (χ1v) is 14.6. The number of nitrogens with two attached hydrogens (primary N) is 1. The highest BCUT2D eigenvalue weighted by molar-refractivity contribution is 7.20. The number of carbonyl (C=O) groups is 3. The summed E-state index contributed by atoms with van der Waals surface area (Å²) in [5.41, 5.74) is 8.48. The number of carbonyl (C=O) groups excluding carboxylic acids is 2. The van der Waals surface area contributed by atoms with Gasteiger partial charge in [0.25, 0.3) is 5.91 Å². The molecule has 4 N–H and O–H groups in total. The number of hydrogen-bond donors (Lipinski definition) is 3. The zero-order valence-electron chi connectivity index (χ0n) is 24.1. The van der Waals surface area contributed by atoms with Gasteiger partial charge >= 0.3 is 12.1 Å². The molecular weight excluding hydrogens is 623 g/mol. The Hall–Kier alpha value is -5.27. The van der Waals surface area contributed by atoms with Gasteiger partial charge in [0.15, 0.2) is 5.01 Å². The molecule has 1 aromatic heterocycles. The van der Waals surface area contributed by atoms with Crippen LogP contribution in [0.2, 0.25) is 0 Å². The number of Topliss-reactive ketones (excluding diaryl/α,β-unsaturated/α-hetero) is 1. The molecule has 1 heterocycles. The molecule has 1 atom stereocenters. The number of fused-ring (bicyclic) bond motifs is 1. The van der Waals surface area contributed by atoms with Crippen LogP contribution >= 0.6 is 11.3 Å². The van der Waals surface area contributed by atoms with Crippen LogP contribution in [0.25, 0.3) is 10.2 Å². The van der Waals surface area contributed by atoms with E-state index >= 15 is 0 Å². The van der Waals surface area contributed by atoms with E-state index in [0.29, 0.717) is 41.6 Å². The lowest BCUT2D eigenvalue weighted by atomic mass is 10.0. The highest BCUT2D eigenvalue weighted by Gasteiger charge is 2.38. The number of carboxylic acids is 1. The van der Waals surface area contributed by atoms with E-state index in [1.807, 2.05) is 78.9 Å². The van der Waals surface area contributed by atoms with Crippen molar-refractivity contribution < 1.29 is 42.1 Å². The van der Waals surface area contributed by atoms with Gasteiger partial charge in [-0.25, -0.2) is 9.78 Å². The number of ether oxygens (including phenoxy) is 2. The SMILES string of the molecule is NCc1ccc(C(NC(=O)c2ccc(OCCOc3ccccc3)cc2)C(=O)c2nc3ccccc3s2)cc1.O=C(O)C(F)(F)F. The number of halogens is 3. The molecule has 46 heavy (non-hydrogen) atoms. The third-order valence-corrected chi connectivity index (χ3v) is 7.37. The molecule has 1 unspecified atom stereocenters. The van der Waals surface area contributed by atoms with Crippen LogP contribution in [-0.4, -0.2) is 47.1 Å². The van der Waals surface area contributed by atoms with Crippen molar-refractivity contribution in [2.24, 2.45) is 5.73 Å². The minimum absolute atomic E-state index is 0.275. The van der Waals surface area contributed by atoms with Crippen molar-refractivity contribution in [2.75, 3.05) is 13.2 Å². The Bertz CT molecular complexity index is 1730. The van der Waals surface area contributed by atoms with Crippen molar-refractivity contribution in [3.8, 4) is 11.5 Å². The smallest absolute Gasteiger partial charge is 0.490 e. The highest BCUT2D eigenvalue weighted by Crippen LogP contribution is 2.27. The lowest BCUT2D eigenvalue weighted by Crippen LogP contribution is -2.34. The number of amides is 1. The van der Waals surface area contributed by atoms with Gasteiger partial charge in [0.2, 0.25) is 5.78 Å². The lowest BCUT2D eigenvalue weighted by molar-refractivity contribution is -0.192. The van der Waals surface area contributed by atoms with Crippen molar-refractivity contribution in [3.63, 3.8) is 0 Å². The van der Waals surface area contributed by atoms with E-state index in [9.17, 15) is 22.8 Å². The second-order valence-corrected chi connectivity index (χ2v) is 10.6. The van der Waals surface area contributed by atoms with E-state index in [4.69, 9.17) is 25.1 Å². The molecule has 0 saturated heterocycles. The van der Waals surface area contributed by atoms with E-state index in [0.717, 1.165) is 21.5 Å².